The van der Waals surface area contributed by atoms with E-state index in [2.05, 4.69) is 41.9 Å². The zero-order valence-electron chi connectivity index (χ0n) is 15.9. The van der Waals surface area contributed by atoms with Gasteiger partial charge in [-0.3, -0.25) is 9.59 Å². The lowest BCUT2D eigenvalue weighted by Gasteiger charge is -2.18. The molecule has 1 aliphatic rings. The highest BCUT2D eigenvalue weighted by Crippen LogP contribution is 2.34. The molecule has 29 heavy (non-hydrogen) atoms. The van der Waals surface area contributed by atoms with Crippen LogP contribution in [-0.4, -0.2) is 16.6 Å². The number of hydrogen-bond acceptors (Lipinski definition) is 5. The summed E-state index contributed by atoms with van der Waals surface area (Å²) < 4.78 is 0. The Morgan fingerprint density at radius 3 is 2.52 bits per heavy atom. The van der Waals surface area contributed by atoms with E-state index in [1.807, 2.05) is 24.3 Å². The lowest BCUT2D eigenvalue weighted by atomic mass is 9.86. The molecular formula is C24H18N2O2S. The Kier molecular flexibility index (Phi) is 4.25. The summed E-state index contributed by atoms with van der Waals surface area (Å²) >= 11 is 1.63. The van der Waals surface area contributed by atoms with Crippen molar-refractivity contribution in [3.63, 3.8) is 0 Å². The number of hydrogen-bond donors (Lipinski definition) is 1. The Morgan fingerprint density at radius 1 is 0.966 bits per heavy atom. The molecule has 5 heteroatoms. The van der Waals surface area contributed by atoms with E-state index in [9.17, 15) is 9.59 Å². The van der Waals surface area contributed by atoms with Crippen molar-refractivity contribution in [3.8, 4) is 10.6 Å². The van der Waals surface area contributed by atoms with Gasteiger partial charge in [-0.15, -0.1) is 11.3 Å². The Balaban J connectivity index is 1.44. The third-order valence-corrected chi connectivity index (χ3v) is 6.21. The molecule has 0 unspecified atom stereocenters. The summed E-state index contributed by atoms with van der Waals surface area (Å²) in [4.78, 5) is 29.3. The van der Waals surface area contributed by atoms with E-state index >= 15 is 0 Å². The summed E-state index contributed by atoms with van der Waals surface area (Å²) in [5.41, 5.74) is 5.47. The van der Waals surface area contributed by atoms with Crippen LogP contribution in [0.15, 0.2) is 60.0 Å². The number of benzene rings is 3. The number of rotatable bonds is 4. The minimum absolute atomic E-state index is 0.0422. The largest absolute Gasteiger partial charge is 0.379 e. The first kappa shape index (κ1) is 17.8. The van der Waals surface area contributed by atoms with E-state index in [-0.39, 0.29) is 18.0 Å². The molecule has 0 spiro atoms. The summed E-state index contributed by atoms with van der Waals surface area (Å²) in [6.07, 6.45) is -0.0422. The van der Waals surface area contributed by atoms with Gasteiger partial charge in [0.25, 0.3) is 0 Å². The van der Waals surface area contributed by atoms with Crippen LogP contribution in [0.4, 0.5) is 5.69 Å². The minimum Gasteiger partial charge on any atom is -0.379 e. The molecule has 0 radical (unpaired) electrons. The highest BCUT2D eigenvalue weighted by molar-refractivity contribution is 7.13. The van der Waals surface area contributed by atoms with E-state index < -0.39 is 0 Å². The normalized spacial score (nSPS) is 13.1. The highest BCUT2D eigenvalue weighted by Gasteiger charge is 2.26. The van der Waals surface area contributed by atoms with Crippen LogP contribution in [0.3, 0.4) is 0 Å². The molecule has 0 saturated carbocycles. The second-order valence-corrected chi connectivity index (χ2v) is 8.13. The second kappa shape index (κ2) is 6.94. The molecular weight excluding hydrogens is 380 g/mol. The van der Waals surface area contributed by atoms with E-state index in [0.717, 1.165) is 32.7 Å². The molecule has 0 aliphatic heterocycles. The quantitative estimate of drug-likeness (QED) is 0.451. The maximum absolute atomic E-state index is 12.3. The van der Waals surface area contributed by atoms with Gasteiger partial charge in [0.2, 0.25) is 0 Å². The zero-order chi connectivity index (χ0) is 20.0. The summed E-state index contributed by atoms with van der Waals surface area (Å²) in [7, 11) is 0. The van der Waals surface area contributed by atoms with Crippen molar-refractivity contribution in [1.82, 2.24) is 4.98 Å². The highest BCUT2D eigenvalue weighted by atomic mass is 32.1. The van der Waals surface area contributed by atoms with Gasteiger partial charge in [-0.1, -0.05) is 48.0 Å². The Labute approximate surface area is 172 Å². The molecule has 142 valence electrons. The maximum atomic E-state index is 12.3. The van der Waals surface area contributed by atoms with Crippen LogP contribution >= 0.6 is 11.3 Å². The van der Waals surface area contributed by atoms with Crippen LogP contribution in [-0.2, 0) is 6.54 Å². The van der Waals surface area contributed by atoms with Crippen molar-refractivity contribution in [3.05, 3.63) is 82.4 Å². The average molecular weight is 398 g/mol. The fourth-order valence-electron chi connectivity index (χ4n) is 3.76. The maximum Gasteiger partial charge on any atom is 0.171 e. The first-order valence-electron chi connectivity index (χ1n) is 9.47. The summed E-state index contributed by atoms with van der Waals surface area (Å²) in [5.74, 6) is -0.208. The number of thiazole rings is 1. The molecule has 0 bridgehead atoms. The van der Waals surface area contributed by atoms with Crippen molar-refractivity contribution < 1.29 is 9.59 Å². The van der Waals surface area contributed by atoms with Crippen molar-refractivity contribution in [2.75, 3.05) is 5.32 Å². The van der Waals surface area contributed by atoms with Crippen molar-refractivity contribution in [2.24, 2.45) is 0 Å². The molecule has 5 rings (SSSR count). The monoisotopic (exact) mass is 398 g/mol. The molecule has 1 aliphatic carbocycles. The van der Waals surface area contributed by atoms with Crippen LogP contribution in [0, 0.1) is 6.92 Å². The van der Waals surface area contributed by atoms with Crippen molar-refractivity contribution in [1.29, 1.82) is 0 Å². The fourth-order valence-corrected chi connectivity index (χ4v) is 4.59. The van der Waals surface area contributed by atoms with Crippen LogP contribution in [0.25, 0.3) is 21.3 Å². The fraction of sp³-hybridized carbons (Fsp3) is 0.125. The van der Waals surface area contributed by atoms with Gasteiger partial charge in [-0.25, -0.2) is 4.98 Å². The lowest BCUT2D eigenvalue weighted by molar-refractivity contribution is 0.0890. The summed E-state index contributed by atoms with van der Waals surface area (Å²) in [5, 5.41) is 8.14. The molecule has 4 nitrogen and oxygen atoms in total. The number of carbonyl (C=O) groups excluding carboxylic acids is 2. The number of Topliss-reactive ketones (excluding diaryl/α,β-unsaturated/α-hetero) is 2. The van der Waals surface area contributed by atoms with Gasteiger partial charge < -0.3 is 5.32 Å². The van der Waals surface area contributed by atoms with Gasteiger partial charge in [0, 0.05) is 38.5 Å². The lowest BCUT2D eigenvalue weighted by Crippen LogP contribution is -2.16. The molecule has 0 atom stereocenters. The van der Waals surface area contributed by atoms with Gasteiger partial charge in [0.05, 0.1) is 18.7 Å². The Bertz CT molecular complexity index is 1250. The number of anilines is 1. The molecule has 1 aromatic heterocycles. The van der Waals surface area contributed by atoms with Gasteiger partial charge in [-0.2, -0.15) is 0 Å². The van der Waals surface area contributed by atoms with E-state index in [1.165, 1.54) is 5.56 Å². The van der Waals surface area contributed by atoms with Crippen molar-refractivity contribution >= 4 is 39.4 Å². The molecule has 1 heterocycles. The van der Waals surface area contributed by atoms with Crippen LogP contribution < -0.4 is 5.32 Å². The van der Waals surface area contributed by atoms with Gasteiger partial charge in [0.1, 0.15) is 5.01 Å². The smallest absolute Gasteiger partial charge is 0.171 e. The second-order valence-electron chi connectivity index (χ2n) is 7.28. The van der Waals surface area contributed by atoms with Gasteiger partial charge >= 0.3 is 0 Å². The van der Waals surface area contributed by atoms with Crippen LogP contribution in [0.1, 0.15) is 38.4 Å². The van der Waals surface area contributed by atoms with E-state index in [1.54, 1.807) is 17.4 Å². The first-order valence-corrected chi connectivity index (χ1v) is 10.4. The first-order chi connectivity index (χ1) is 14.1. The number of nitrogens with zero attached hydrogens (tertiary/aromatic N) is 1. The van der Waals surface area contributed by atoms with E-state index in [4.69, 9.17) is 4.98 Å². The van der Waals surface area contributed by atoms with Crippen LogP contribution in [0.5, 0.6) is 0 Å². The zero-order valence-corrected chi connectivity index (χ0v) is 16.7. The summed E-state index contributed by atoms with van der Waals surface area (Å²) in [6.45, 7) is 2.64. The van der Waals surface area contributed by atoms with Crippen molar-refractivity contribution in [2.45, 2.75) is 19.9 Å². The molecule has 1 N–H and O–H groups in total. The average Bonchev–Trinajstić information content (AvgIpc) is 3.20. The predicted octanol–water partition coefficient (Wildman–Crippen LogP) is 5.65. The number of aryl methyl sites for hydroxylation is 1. The topological polar surface area (TPSA) is 59.1 Å². The predicted molar refractivity (Wildman–Crippen MR) is 117 cm³/mol. The number of ketones is 2. The van der Waals surface area contributed by atoms with Gasteiger partial charge in [-0.05, 0) is 19.1 Å². The molecule has 3 aromatic carbocycles. The molecule has 0 fully saturated rings. The minimum atomic E-state index is -0.104. The SMILES string of the molecule is Cc1ccc(-c2nc(CNc3ccc4c5c(cccc35)C(=O)CC4=O)cs2)cc1. The van der Waals surface area contributed by atoms with E-state index in [0.29, 0.717) is 17.7 Å². The third kappa shape index (κ3) is 3.13. The Hall–Kier alpha value is -3.31. The number of nitrogens with one attached hydrogen (secondary N) is 1. The molecule has 0 saturated heterocycles. The standard InChI is InChI=1S/C24H18N2O2S/c1-14-5-7-15(8-6-14)24-26-16(13-29-24)12-25-20-10-9-19-22(28)11-21(27)18-4-2-3-17(20)23(18)19/h2-10,13,25H,11-12H2,1H3. The van der Waals surface area contributed by atoms with Gasteiger partial charge in [0.15, 0.2) is 11.6 Å². The number of carbonyl (C=O) groups is 2. The third-order valence-electron chi connectivity index (χ3n) is 5.27. The Morgan fingerprint density at radius 2 is 1.72 bits per heavy atom. The molecule has 4 aromatic rings. The molecule has 0 amide bonds. The summed E-state index contributed by atoms with van der Waals surface area (Å²) in [6, 6.07) is 17.7. The van der Waals surface area contributed by atoms with Crippen LogP contribution in [0.2, 0.25) is 0 Å². The number of aromatic nitrogens is 1.